The summed E-state index contributed by atoms with van der Waals surface area (Å²) in [4.78, 5) is 23.5. The Bertz CT molecular complexity index is 973. The molecule has 0 saturated heterocycles. The van der Waals surface area contributed by atoms with Gasteiger partial charge in [0, 0.05) is 11.8 Å². The lowest BCUT2D eigenvalue weighted by molar-refractivity contribution is 0.0684. The van der Waals surface area contributed by atoms with E-state index in [1.54, 1.807) is 24.3 Å². The van der Waals surface area contributed by atoms with Crippen LogP contribution in [-0.4, -0.2) is 22.2 Å². The second-order valence-electron chi connectivity index (χ2n) is 7.38. The van der Waals surface area contributed by atoms with Crippen LogP contribution in [0.2, 0.25) is 0 Å². The topological polar surface area (TPSA) is 74.6 Å². The van der Waals surface area contributed by atoms with Gasteiger partial charge in [-0.25, -0.2) is 9.59 Å². The average molecular weight is 402 g/mol. The van der Waals surface area contributed by atoms with Gasteiger partial charge in [0.05, 0.1) is 11.1 Å². The van der Waals surface area contributed by atoms with Crippen molar-refractivity contribution < 1.29 is 19.8 Å². The predicted molar refractivity (Wildman–Crippen MR) is 118 cm³/mol. The van der Waals surface area contributed by atoms with Crippen LogP contribution in [0.1, 0.15) is 81.5 Å². The Morgan fingerprint density at radius 2 is 1.07 bits per heavy atom. The quantitative estimate of drug-likeness (QED) is 0.473. The molecule has 3 aromatic carbocycles. The van der Waals surface area contributed by atoms with E-state index in [1.807, 2.05) is 56.3 Å². The van der Waals surface area contributed by atoms with Gasteiger partial charge >= 0.3 is 11.9 Å². The number of aromatic carboxylic acids is 2. The third-order valence-electron chi connectivity index (χ3n) is 5.67. The Balaban J connectivity index is 2.07. The molecule has 0 bridgehead atoms. The molecule has 0 amide bonds. The average Bonchev–Trinajstić information content (AvgIpc) is 2.76. The first-order chi connectivity index (χ1) is 14.5. The number of hydrogen-bond acceptors (Lipinski definition) is 2. The summed E-state index contributed by atoms with van der Waals surface area (Å²) in [5.41, 5.74) is 4.30. The molecule has 3 rings (SSSR count). The Morgan fingerprint density at radius 1 is 0.667 bits per heavy atom. The van der Waals surface area contributed by atoms with Gasteiger partial charge in [-0.1, -0.05) is 74.5 Å². The van der Waals surface area contributed by atoms with Gasteiger partial charge < -0.3 is 10.2 Å². The molecule has 4 nitrogen and oxygen atoms in total. The Labute approximate surface area is 176 Å². The lowest BCUT2D eigenvalue weighted by atomic mass is 9.81. The van der Waals surface area contributed by atoms with Crippen LogP contribution in [0.15, 0.2) is 72.8 Å². The van der Waals surface area contributed by atoms with Gasteiger partial charge in [-0.2, -0.15) is 0 Å². The maximum absolute atomic E-state index is 11.7. The van der Waals surface area contributed by atoms with E-state index in [0.29, 0.717) is 11.1 Å². The van der Waals surface area contributed by atoms with E-state index in [4.69, 9.17) is 0 Å². The zero-order valence-corrected chi connectivity index (χ0v) is 17.2. The second-order valence-corrected chi connectivity index (χ2v) is 7.38. The van der Waals surface area contributed by atoms with Crippen molar-refractivity contribution in [2.75, 3.05) is 0 Å². The highest BCUT2D eigenvalue weighted by atomic mass is 16.4. The summed E-state index contributed by atoms with van der Waals surface area (Å²) in [5.74, 6) is -1.96. The van der Waals surface area contributed by atoms with Crippen molar-refractivity contribution in [1.29, 1.82) is 0 Å². The molecule has 0 aromatic heterocycles. The minimum absolute atomic E-state index is 0.0514. The minimum Gasteiger partial charge on any atom is -0.478 e. The number of carbonyl (C=O) groups is 2. The van der Waals surface area contributed by atoms with E-state index in [1.165, 1.54) is 0 Å². The number of rotatable bonds is 8. The molecule has 30 heavy (non-hydrogen) atoms. The molecule has 0 spiro atoms. The molecule has 0 aliphatic rings. The highest BCUT2D eigenvalue weighted by molar-refractivity contribution is 5.90. The SMILES string of the molecule is CCC(c1cccc(C(CC)c2ccccc2C(=O)O)c1)c1ccccc1C(=O)O. The standard InChI is InChI=1S/C26H26O4/c1-3-19(21-12-5-7-14-23(21)25(27)28)17-10-9-11-18(16-17)20(4-2)22-13-6-8-15-24(22)26(29)30/h5-16,19-20H,3-4H2,1-2H3,(H,27,28)(H,29,30). The number of carboxylic acid groups (broad SMARTS) is 2. The van der Waals surface area contributed by atoms with E-state index in [2.05, 4.69) is 6.07 Å². The van der Waals surface area contributed by atoms with E-state index in [-0.39, 0.29) is 11.8 Å². The molecule has 0 fully saturated rings. The van der Waals surface area contributed by atoms with Crippen LogP contribution in [0.4, 0.5) is 0 Å². The highest BCUT2D eigenvalue weighted by Crippen LogP contribution is 2.35. The van der Waals surface area contributed by atoms with Gasteiger partial charge in [-0.3, -0.25) is 0 Å². The summed E-state index contributed by atoms with van der Waals surface area (Å²) in [6.45, 7) is 4.10. The lowest BCUT2D eigenvalue weighted by Crippen LogP contribution is -2.10. The number of hydrogen-bond donors (Lipinski definition) is 2. The molecule has 154 valence electrons. The highest BCUT2D eigenvalue weighted by Gasteiger charge is 2.22. The Morgan fingerprint density at radius 3 is 1.43 bits per heavy atom. The second kappa shape index (κ2) is 9.40. The molecule has 4 heteroatoms. The van der Waals surface area contributed by atoms with E-state index < -0.39 is 11.9 Å². The summed E-state index contributed by atoms with van der Waals surface area (Å²) < 4.78 is 0. The van der Waals surface area contributed by atoms with E-state index >= 15 is 0 Å². The summed E-state index contributed by atoms with van der Waals surface area (Å²) in [5, 5.41) is 19.2. The van der Waals surface area contributed by atoms with Gasteiger partial charge in [0.15, 0.2) is 0 Å². The Kier molecular flexibility index (Phi) is 6.68. The fourth-order valence-electron chi connectivity index (χ4n) is 4.25. The fourth-order valence-corrected chi connectivity index (χ4v) is 4.25. The third kappa shape index (κ3) is 4.28. The molecule has 2 unspecified atom stereocenters. The van der Waals surface area contributed by atoms with Crippen LogP contribution in [-0.2, 0) is 0 Å². The molecule has 0 heterocycles. The third-order valence-corrected chi connectivity index (χ3v) is 5.67. The van der Waals surface area contributed by atoms with Crippen molar-refractivity contribution in [2.45, 2.75) is 38.5 Å². The molecule has 3 aromatic rings. The van der Waals surface area contributed by atoms with Crippen molar-refractivity contribution in [3.63, 3.8) is 0 Å². The van der Waals surface area contributed by atoms with Crippen LogP contribution in [0.25, 0.3) is 0 Å². The van der Waals surface area contributed by atoms with Gasteiger partial charge in [0.2, 0.25) is 0 Å². The summed E-state index contributed by atoms with van der Waals surface area (Å²) >= 11 is 0. The van der Waals surface area contributed by atoms with Crippen LogP contribution < -0.4 is 0 Å². The summed E-state index contributed by atoms with van der Waals surface area (Å²) in [7, 11) is 0. The minimum atomic E-state index is -0.929. The van der Waals surface area contributed by atoms with Crippen molar-refractivity contribution in [2.24, 2.45) is 0 Å². The van der Waals surface area contributed by atoms with E-state index in [0.717, 1.165) is 35.1 Å². The van der Waals surface area contributed by atoms with Crippen LogP contribution in [0.5, 0.6) is 0 Å². The fraction of sp³-hybridized carbons (Fsp3) is 0.231. The number of benzene rings is 3. The van der Waals surface area contributed by atoms with Crippen LogP contribution >= 0.6 is 0 Å². The van der Waals surface area contributed by atoms with Gasteiger partial charge in [0.25, 0.3) is 0 Å². The van der Waals surface area contributed by atoms with Crippen LogP contribution in [0.3, 0.4) is 0 Å². The molecular formula is C26H26O4. The molecule has 0 aliphatic heterocycles. The largest absolute Gasteiger partial charge is 0.478 e. The molecule has 0 saturated carbocycles. The monoisotopic (exact) mass is 402 g/mol. The first-order valence-corrected chi connectivity index (χ1v) is 10.2. The van der Waals surface area contributed by atoms with Gasteiger partial charge in [0.1, 0.15) is 0 Å². The normalized spacial score (nSPS) is 12.9. The van der Waals surface area contributed by atoms with Crippen molar-refractivity contribution >= 4 is 11.9 Å². The van der Waals surface area contributed by atoms with Crippen molar-refractivity contribution in [1.82, 2.24) is 0 Å². The van der Waals surface area contributed by atoms with Crippen molar-refractivity contribution in [3.8, 4) is 0 Å². The smallest absolute Gasteiger partial charge is 0.335 e. The molecule has 0 aliphatic carbocycles. The zero-order chi connectivity index (χ0) is 21.7. The molecule has 2 atom stereocenters. The summed E-state index contributed by atoms with van der Waals surface area (Å²) in [6.07, 6.45) is 1.52. The summed E-state index contributed by atoms with van der Waals surface area (Å²) in [6, 6.07) is 22.4. The van der Waals surface area contributed by atoms with Crippen LogP contribution in [0, 0.1) is 0 Å². The first-order valence-electron chi connectivity index (χ1n) is 10.2. The zero-order valence-electron chi connectivity index (χ0n) is 17.2. The predicted octanol–water partition coefficient (Wildman–Crippen LogP) is 6.17. The first kappa shape index (κ1) is 21.3. The molecule has 0 radical (unpaired) electrons. The van der Waals surface area contributed by atoms with E-state index in [9.17, 15) is 19.8 Å². The van der Waals surface area contributed by atoms with Gasteiger partial charge in [-0.05, 0) is 47.2 Å². The lowest BCUT2D eigenvalue weighted by Gasteiger charge is -2.22. The van der Waals surface area contributed by atoms with Crippen molar-refractivity contribution in [3.05, 3.63) is 106 Å². The molecule has 2 N–H and O–H groups in total. The van der Waals surface area contributed by atoms with Gasteiger partial charge in [-0.15, -0.1) is 0 Å². The number of carboxylic acids is 2. The maximum Gasteiger partial charge on any atom is 0.335 e. The maximum atomic E-state index is 11.7. The Hall–Kier alpha value is -3.40. The molecular weight excluding hydrogens is 376 g/mol.